The summed E-state index contributed by atoms with van der Waals surface area (Å²) in [6.07, 6.45) is 0.955. The number of carbonyl (C=O) groups is 1. The van der Waals surface area contributed by atoms with Gasteiger partial charge in [-0.3, -0.25) is 14.6 Å². The molecule has 2 aromatic carbocycles. The summed E-state index contributed by atoms with van der Waals surface area (Å²) < 4.78 is 26.2. The van der Waals surface area contributed by atoms with Crippen molar-refractivity contribution in [1.29, 1.82) is 0 Å². The topological polar surface area (TPSA) is 35.6 Å². The van der Waals surface area contributed by atoms with Crippen molar-refractivity contribution in [3.05, 3.63) is 64.7 Å². The zero-order chi connectivity index (χ0) is 19.2. The van der Waals surface area contributed by atoms with Gasteiger partial charge in [0.25, 0.3) is 0 Å². The second kappa shape index (κ2) is 9.26. The molecule has 27 heavy (non-hydrogen) atoms. The molecule has 3 rings (SSSR count). The average molecular weight is 394 g/mol. The first-order valence-corrected chi connectivity index (χ1v) is 9.31. The minimum Gasteiger partial charge on any atom is -0.325 e. The van der Waals surface area contributed by atoms with E-state index in [0.717, 1.165) is 44.7 Å². The van der Waals surface area contributed by atoms with Crippen molar-refractivity contribution in [1.82, 2.24) is 9.80 Å². The number of nitrogens with zero attached hydrogens (tertiary/aromatic N) is 2. The number of hydrogen-bond donors (Lipinski definition) is 1. The number of rotatable bonds is 5. The van der Waals surface area contributed by atoms with Crippen molar-refractivity contribution in [2.75, 3.05) is 38.0 Å². The predicted molar refractivity (Wildman–Crippen MR) is 103 cm³/mol. The summed E-state index contributed by atoms with van der Waals surface area (Å²) in [4.78, 5) is 16.7. The molecule has 1 aliphatic heterocycles. The van der Waals surface area contributed by atoms with Crippen LogP contribution >= 0.6 is 11.6 Å². The summed E-state index contributed by atoms with van der Waals surface area (Å²) in [7, 11) is 0. The van der Waals surface area contributed by atoms with Crippen LogP contribution in [0.2, 0.25) is 5.02 Å². The maximum absolute atomic E-state index is 13.2. The van der Waals surface area contributed by atoms with Crippen LogP contribution in [0.15, 0.2) is 42.5 Å². The molecule has 144 valence electrons. The molecule has 1 fully saturated rings. The largest absolute Gasteiger partial charge is 0.325 e. The van der Waals surface area contributed by atoms with E-state index in [4.69, 9.17) is 11.6 Å². The fourth-order valence-electron chi connectivity index (χ4n) is 3.17. The smallest absolute Gasteiger partial charge is 0.238 e. The summed E-state index contributed by atoms with van der Waals surface area (Å²) in [5.41, 5.74) is 1.56. The van der Waals surface area contributed by atoms with Crippen LogP contribution in [0.3, 0.4) is 0 Å². The van der Waals surface area contributed by atoms with E-state index >= 15 is 0 Å². The van der Waals surface area contributed by atoms with Crippen LogP contribution in [0, 0.1) is 11.6 Å². The Morgan fingerprint density at radius 1 is 1.00 bits per heavy atom. The summed E-state index contributed by atoms with van der Waals surface area (Å²) in [6, 6.07) is 10.7. The summed E-state index contributed by atoms with van der Waals surface area (Å²) in [6.45, 7) is 4.43. The minimum absolute atomic E-state index is 0.0148. The molecule has 2 aromatic rings. The number of hydrogen-bond acceptors (Lipinski definition) is 3. The van der Waals surface area contributed by atoms with Crippen LogP contribution in [-0.2, 0) is 11.3 Å². The highest BCUT2D eigenvalue weighted by molar-refractivity contribution is 6.31. The Hall–Kier alpha value is -2.02. The lowest BCUT2D eigenvalue weighted by molar-refractivity contribution is -0.117. The summed E-state index contributed by atoms with van der Waals surface area (Å²) in [5, 5.41) is 2.74. The van der Waals surface area contributed by atoms with Crippen molar-refractivity contribution in [2.45, 2.75) is 13.0 Å². The van der Waals surface area contributed by atoms with Gasteiger partial charge in [0.05, 0.1) is 11.6 Å². The molecule has 1 N–H and O–H groups in total. The first-order chi connectivity index (χ1) is 13.0. The van der Waals surface area contributed by atoms with E-state index in [9.17, 15) is 13.6 Å². The molecule has 0 aromatic heterocycles. The highest BCUT2D eigenvalue weighted by Crippen LogP contribution is 2.19. The fourth-order valence-corrected chi connectivity index (χ4v) is 3.35. The van der Waals surface area contributed by atoms with Crippen LogP contribution in [0.5, 0.6) is 0 Å². The molecule has 0 saturated carbocycles. The maximum Gasteiger partial charge on any atom is 0.238 e. The zero-order valence-electron chi connectivity index (χ0n) is 14.9. The van der Waals surface area contributed by atoms with Gasteiger partial charge in [0.15, 0.2) is 0 Å². The Kier molecular flexibility index (Phi) is 6.77. The number of anilines is 1. The molecule has 1 aliphatic rings. The van der Waals surface area contributed by atoms with E-state index in [1.165, 1.54) is 30.3 Å². The molecule has 0 bridgehead atoms. The van der Waals surface area contributed by atoms with E-state index in [0.29, 0.717) is 5.69 Å². The number of benzene rings is 2. The van der Waals surface area contributed by atoms with Crippen LogP contribution in [0.4, 0.5) is 14.5 Å². The van der Waals surface area contributed by atoms with Crippen molar-refractivity contribution in [3.8, 4) is 0 Å². The number of amides is 1. The van der Waals surface area contributed by atoms with Crippen LogP contribution in [0.25, 0.3) is 0 Å². The molecule has 7 heteroatoms. The Morgan fingerprint density at radius 3 is 2.44 bits per heavy atom. The van der Waals surface area contributed by atoms with E-state index in [1.54, 1.807) is 12.1 Å². The molecule has 1 heterocycles. The standard InChI is InChI=1S/C20H22ClF2N3O/c21-18-12-17(6-7-19(18)23)24-20(27)14-26-9-1-8-25(10-11-26)13-15-2-4-16(22)5-3-15/h2-7,12H,1,8-11,13-14H2,(H,24,27). The minimum atomic E-state index is -0.511. The van der Waals surface area contributed by atoms with E-state index < -0.39 is 5.82 Å². The third-order valence-corrected chi connectivity index (χ3v) is 4.86. The van der Waals surface area contributed by atoms with E-state index in [2.05, 4.69) is 15.1 Å². The van der Waals surface area contributed by atoms with Gasteiger partial charge in [-0.2, -0.15) is 0 Å². The third kappa shape index (κ3) is 5.99. The summed E-state index contributed by atoms with van der Waals surface area (Å²) >= 11 is 5.74. The first kappa shape index (κ1) is 19.7. The molecule has 0 spiro atoms. The van der Waals surface area contributed by atoms with Crippen molar-refractivity contribution in [3.63, 3.8) is 0 Å². The second-order valence-electron chi connectivity index (χ2n) is 6.71. The van der Waals surface area contributed by atoms with Gasteiger partial charge >= 0.3 is 0 Å². The lowest BCUT2D eigenvalue weighted by atomic mass is 10.2. The van der Waals surface area contributed by atoms with Crippen LogP contribution in [-0.4, -0.2) is 48.4 Å². The Bertz CT molecular complexity index is 785. The van der Waals surface area contributed by atoms with Gasteiger partial charge in [-0.25, -0.2) is 8.78 Å². The van der Waals surface area contributed by atoms with Gasteiger partial charge in [0.2, 0.25) is 5.91 Å². The predicted octanol–water partition coefficient (Wildman–Crippen LogP) is 3.76. The average Bonchev–Trinajstić information content (AvgIpc) is 2.85. The van der Waals surface area contributed by atoms with Crippen molar-refractivity contribution >= 4 is 23.2 Å². The molecule has 1 saturated heterocycles. The Balaban J connectivity index is 1.48. The third-order valence-electron chi connectivity index (χ3n) is 4.57. The second-order valence-corrected chi connectivity index (χ2v) is 7.12. The zero-order valence-corrected chi connectivity index (χ0v) is 15.7. The van der Waals surface area contributed by atoms with Gasteiger partial charge in [-0.05, 0) is 55.4 Å². The fraction of sp³-hybridized carbons (Fsp3) is 0.350. The number of halogens is 3. The SMILES string of the molecule is O=C(CN1CCCN(Cc2ccc(F)cc2)CC1)Nc1ccc(F)c(Cl)c1. The number of nitrogens with one attached hydrogen (secondary N) is 1. The lowest BCUT2D eigenvalue weighted by Gasteiger charge is -2.21. The van der Waals surface area contributed by atoms with Crippen LogP contribution < -0.4 is 5.32 Å². The Labute approximate surface area is 162 Å². The van der Waals surface area contributed by atoms with Gasteiger partial charge in [-0.1, -0.05) is 23.7 Å². The van der Waals surface area contributed by atoms with Crippen molar-refractivity contribution in [2.24, 2.45) is 0 Å². The molecular formula is C20H22ClF2N3O. The molecule has 0 atom stereocenters. The normalized spacial score (nSPS) is 16.1. The molecular weight excluding hydrogens is 372 g/mol. The Morgan fingerprint density at radius 2 is 1.70 bits per heavy atom. The monoisotopic (exact) mass is 393 g/mol. The molecule has 4 nitrogen and oxygen atoms in total. The summed E-state index contributed by atoms with van der Waals surface area (Å²) in [5.74, 6) is -0.887. The van der Waals surface area contributed by atoms with E-state index in [-0.39, 0.29) is 23.3 Å². The molecule has 0 aliphatic carbocycles. The van der Waals surface area contributed by atoms with E-state index in [1.807, 2.05) is 0 Å². The first-order valence-electron chi connectivity index (χ1n) is 8.93. The quantitative estimate of drug-likeness (QED) is 0.840. The molecule has 0 radical (unpaired) electrons. The van der Waals surface area contributed by atoms with Gasteiger partial charge < -0.3 is 5.32 Å². The van der Waals surface area contributed by atoms with Crippen molar-refractivity contribution < 1.29 is 13.6 Å². The lowest BCUT2D eigenvalue weighted by Crippen LogP contribution is -2.36. The van der Waals surface area contributed by atoms with Gasteiger partial charge in [0, 0.05) is 25.3 Å². The van der Waals surface area contributed by atoms with Crippen LogP contribution in [0.1, 0.15) is 12.0 Å². The highest BCUT2D eigenvalue weighted by Gasteiger charge is 2.17. The molecule has 0 unspecified atom stereocenters. The molecule has 1 amide bonds. The van der Waals surface area contributed by atoms with Gasteiger partial charge in [0.1, 0.15) is 11.6 Å². The maximum atomic E-state index is 13.2. The number of carbonyl (C=O) groups excluding carboxylic acids is 1. The van der Waals surface area contributed by atoms with Gasteiger partial charge in [-0.15, -0.1) is 0 Å². The highest BCUT2D eigenvalue weighted by atomic mass is 35.5.